The van der Waals surface area contributed by atoms with Crippen molar-refractivity contribution >= 4 is 17.5 Å². The number of carbonyl (C=O) groups is 1. The Labute approximate surface area is 96.8 Å². The second kappa shape index (κ2) is 5.90. The van der Waals surface area contributed by atoms with Gasteiger partial charge in [0, 0.05) is 30.5 Å². The van der Waals surface area contributed by atoms with E-state index in [1.54, 1.807) is 0 Å². The van der Waals surface area contributed by atoms with Crippen LogP contribution >= 0.6 is 11.8 Å². The molecule has 2 rings (SSSR count). The maximum atomic E-state index is 12.0. The molecule has 0 atom stereocenters. The first kappa shape index (κ1) is 11.5. The summed E-state index contributed by atoms with van der Waals surface area (Å²) in [6, 6.07) is 0. The Bertz CT molecular complexity index is 208. The predicted molar refractivity (Wildman–Crippen MR) is 65.3 cm³/mol. The van der Waals surface area contributed by atoms with E-state index in [4.69, 9.17) is 0 Å². The minimum atomic E-state index is 0.397. The third-order valence-corrected chi connectivity index (χ3v) is 4.49. The standard InChI is InChI=1S/C12H21NOS/c14-12(11-4-2-1-3-5-11)10-13-6-8-15-9-7-13/h11H,1-10H2. The summed E-state index contributed by atoms with van der Waals surface area (Å²) in [7, 11) is 0. The van der Waals surface area contributed by atoms with E-state index >= 15 is 0 Å². The Morgan fingerprint density at radius 2 is 1.80 bits per heavy atom. The van der Waals surface area contributed by atoms with Crippen LogP contribution in [0.15, 0.2) is 0 Å². The lowest BCUT2D eigenvalue weighted by Crippen LogP contribution is -2.39. The van der Waals surface area contributed by atoms with Crippen molar-refractivity contribution < 1.29 is 4.79 Å². The zero-order chi connectivity index (χ0) is 10.5. The maximum absolute atomic E-state index is 12.0. The first-order valence-electron chi connectivity index (χ1n) is 6.19. The SMILES string of the molecule is O=C(CN1CCSCC1)C1CCCCC1. The van der Waals surface area contributed by atoms with Gasteiger partial charge in [-0.3, -0.25) is 9.69 Å². The molecule has 3 heteroatoms. The highest BCUT2D eigenvalue weighted by molar-refractivity contribution is 7.99. The zero-order valence-electron chi connectivity index (χ0n) is 9.41. The van der Waals surface area contributed by atoms with Crippen molar-refractivity contribution in [3.05, 3.63) is 0 Å². The summed E-state index contributed by atoms with van der Waals surface area (Å²) in [5, 5.41) is 0. The van der Waals surface area contributed by atoms with Gasteiger partial charge in [-0.15, -0.1) is 0 Å². The van der Waals surface area contributed by atoms with Crippen LogP contribution in [0.3, 0.4) is 0 Å². The van der Waals surface area contributed by atoms with Gasteiger partial charge in [0.15, 0.2) is 0 Å². The van der Waals surface area contributed by atoms with Crippen LogP contribution in [-0.4, -0.2) is 41.8 Å². The lowest BCUT2D eigenvalue weighted by molar-refractivity contribution is -0.124. The Kier molecular flexibility index (Phi) is 4.51. The second-order valence-corrected chi connectivity index (χ2v) is 5.91. The van der Waals surface area contributed by atoms with Gasteiger partial charge >= 0.3 is 0 Å². The number of ketones is 1. The highest BCUT2D eigenvalue weighted by Crippen LogP contribution is 2.24. The number of carbonyl (C=O) groups excluding carboxylic acids is 1. The van der Waals surface area contributed by atoms with E-state index < -0.39 is 0 Å². The third-order valence-electron chi connectivity index (χ3n) is 3.54. The van der Waals surface area contributed by atoms with Crippen molar-refractivity contribution in [1.29, 1.82) is 0 Å². The van der Waals surface area contributed by atoms with E-state index in [-0.39, 0.29) is 0 Å². The van der Waals surface area contributed by atoms with Crippen LogP contribution in [0.2, 0.25) is 0 Å². The molecule has 1 aliphatic carbocycles. The van der Waals surface area contributed by atoms with Gasteiger partial charge in [-0.1, -0.05) is 19.3 Å². The van der Waals surface area contributed by atoms with E-state index in [9.17, 15) is 4.79 Å². The molecule has 0 amide bonds. The molecule has 1 heterocycles. The largest absolute Gasteiger partial charge is 0.298 e. The first-order chi connectivity index (χ1) is 7.36. The van der Waals surface area contributed by atoms with Gasteiger partial charge in [-0.05, 0) is 12.8 Å². The fourth-order valence-electron chi connectivity index (χ4n) is 2.53. The van der Waals surface area contributed by atoms with Gasteiger partial charge in [0.25, 0.3) is 0 Å². The molecule has 0 spiro atoms. The van der Waals surface area contributed by atoms with E-state index in [1.807, 2.05) is 11.8 Å². The Balaban J connectivity index is 1.74. The highest BCUT2D eigenvalue weighted by Gasteiger charge is 2.23. The average molecular weight is 227 g/mol. The molecule has 15 heavy (non-hydrogen) atoms. The van der Waals surface area contributed by atoms with Crippen LogP contribution in [0.4, 0.5) is 0 Å². The molecule has 2 aliphatic rings. The average Bonchev–Trinajstić information content (AvgIpc) is 2.31. The van der Waals surface area contributed by atoms with Gasteiger partial charge in [0.05, 0.1) is 6.54 Å². The predicted octanol–water partition coefficient (Wildman–Crippen LogP) is 2.18. The van der Waals surface area contributed by atoms with Gasteiger partial charge < -0.3 is 0 Å². The van der Waals surface area contributed by atoms with Crippen LogP contribution in [-0.2, 0) is 4.79 Å². The summed E-state index contributed by atoms with van der Waals surface area (Å²) in [6.07, 6.45) is 6.19. The summed E-state index contributed by atoms with van der Waals surface area (Å²) in [5.41, 5.74) is 0. The number of rotatable bonds is 3. The van der Waals surface area contributed by atoms with Crippen molar-refractivity contribution in [3.8, 4) is 0 Å². The van der Waals surface area contributed by atoms with Gasteiger partial charge in [-0.2, -0.15) is 11.8 Å². The fraction of sp³-hybridized carbons (Fsp3) is 0.917. The van der Waals surface area contributed by atoms with Crippen molar-refractivity contribution in [1.82, 2.24) is 4.90 Å². The number of thioether (sulfide) groups is 1. The topological polar surface area (TPSA) is 20.3 Å². The van der Waals surface area contributed by atoms with Gasteiger partial charge in [0.2, 0.25) is 0 Å². The van der Waals surface area contributed by atoms with Crippen LogP contribution in [0.1, 0.15) is 32.1 Å². The minimum Gasteiger partial charge on any atom is -0.298 e. The van der Waals surface area contributed by atoms with E-state index in [2.05, 4.69) is 4.90 Å². The molecule has 0 aromatic rings. The lowest BCUT2D eigenvalue weighted by atomic mass is 9.86. The molecule has 0 N–H and O–H groups in total. The molecule has 0 aromatic carbocycles. The first-order valence-corrected chi connectivity index (χ1v) is 7.34. The number of hydrogen-bond acceptors (Lipinski definition) is 3. The van der Waals surface area contributed by atoms with Crippen LogP contribution < -0.4 is 0 Å². The third kappa shape index (κ3) is 3.49. The number of Topliss-reactive ketones (excluding diaryl/α,β-unsaturated/α-hetero) is 1. The molecule has 1 saturated carbocycles. The Morgan fingerprint density at radius 1 is 1.13 bits per heavy atom. The second-order valence-electron chi connectivity index (χ2n) is 4.69. The maximum Gasteiger partial charge on any atom is 0.149 e. The van der Waals surface area contributed by atoms with Crippen molar-refractivity contribution in [2.75, 3.05) is 31.1 Å². The number of hydrogen-bond donors (Lipinski definition) is 0. The fourth-order valence-corrected chi connectivity index (χ4v) is 3.51. The monoisotopic (exact) mass is 227 g/mol. The highest BCUT2D eigenvalue weighted by atomic mass is 32.2. The molecule has 86 valence electrons. The van der Waals surface area contributed by atoms with Gasteiger partial charge in [0.1, 0.15) is 5.78 Å². The van der Waals surface area contributed by atoms with Crippen molar-refractivity contribution in [3.63, 3.8) is 0 Å². The Hall–Kier alpha value is -0.0200. The molecule has 2 fully saturated rings. The summed E-state index contributed by atoms with van der Waals surface area (Å²) in [4.78, 5) is 14.4. The van der Waals surface area contributed by atoms with Crippen LogP contribution in [0.25, 0.3) is 0 Å². The lowest BCUT2D eigenvalue weighted by Gasteiger charge is -2.28. The van der Waals surface area contributed by atoms with Crippen molar-refractivity contribution in [2.45, 2.75) is 32.1 Å². The molecule has 1 aliphatic heterocycles. The molecular weight excluding hydrogens is 206 g/mol. The molecule has 0 bridgehead atoms. The minimum absolute atomic E-state index is 0.397. The Morgan fingerprint density at radius 3 is 2.47 bits per heavy atom. The van der Waals surface area contributed by atoms with Crippen LogP contribution in [0, 0.1) is 5.92 Å². The molecular formula is C12H21NOS. The molecule has 0 aromatic heterocycles. The molecule has 0 unspecified atom stereocenters. The van der Waals surface area contributed by atoms with Crippen LogP contribution in [0.5, 0.6) is 0 Å². The van der Waals surface area contributed by atoms with E-state index in [0.29, 0.717) is 11.7 Å². The summed E-state index contributed by atoms with van der Waals surface area (Å²) in [6.45, 7) is 2.96. The molecule has 2 nitrogen and oxygen atoms in total. The quantitative estimate of drug-likeness (QED) is 0.737. The van der Waals surface area contributed by atoms with Gasteiger partial charge in [-0.25, -0.2) is 0 Å². The molecule has 0 radical (unpaired) electrons. The van der Waals surface area contributed by atoms with E-state index in [0.717, 1.165) is 32.5 Å². The summed E-state index contributed by atoms with van der Waals surface area (Å²) >= 11 is 2.01. The summed E-state index contributed by atoms with van der Waals surface area (Å²) in [5.74, 6) is 3.32. The van der Waals surface area contributed by atoms with E-state index in [1.165, 1.54) is 30.8 Å². The number of nitrogens with zero attached hydrogens (tertiary/aromatic N) is 1. The zero-order valence-corrected chi connectivity index (χ0v) is 10.2. The normalized spacial score (nSPS) is 25.3. The smallest absolute Gasteiger partial charge is 0.149 e. The van der Waals surface area contributed by atoms with Crippen molar-refractivity contribution in [2.24, 2.45) is 5.92 Å². The molecule has 1 saturated heterocycles. The summed E-state index contributed by atoms with van der Waals surface area (Å²) < 4.78 is 0.